The molecule has 1 atom stereocenters. The van der Waals surface area contributed by atoms with Crippen molar-refractivity contribution < 1.29 is 22.0 Å². The highest BCUT2D eigenvalue weighted by atomic mass is 35.5. The molecule has 1 unspecified atom stereocenters. The fourth-order valence-electron chi connectivity index (χ4n) is 3.37. The Morgan fingerprint density at radius 1 is 1.19 bits per heavy atom. The number of hydrogen-bond acceptors (Lipinski definition) is 4. The number of halogens is 3. The SMILES string of the molecule is Cc1cc(S(=O)(=O)N2CCCC(N3CCNCC3=O)C2)c(F)cc1F.Cl. The lowest BCUT2D eigenvalue weighted by Gasteiger charge is -2.40. The second-order valence-corrected chi connectivity index (χ2v) is 8.36. The second-order valence-electron chi connectivity index (χ2n) is 6.45. The summed E-state index contributed by atoms with van der Waals surface area (Å²) in [6.45, 7) is 3.22. The third-order valence-electron chi connectivity index (χ3n) is 4.76. The number of nitrogens with one attached hydrogen (secondary N) is 1. The van der Waals surface area contributed by atoms with Crippen molar-refractivity contribution in [2.45, 2.75) is 30.7 Å². The Morgan fingerprint density at radius 3 is 2.62 bits per heavy atom. The van der Waals surface area contributed by atoms with Gasteiger partial charge in [0.1, 0.15) is 16.5 Å². The van der Waals surface area contributed by atoms with Gasteiger partial charge in [-0.2, -0.15) is 4.31 Å². The molecule has 2 saturated heterocycles. The molecule has 1 amide bonds. The third kappa shape index (κ3) is 4.00. The molecule has 2 aliphatic rings. The molecule has 0 radical (unpaired) electrons. The molecule has 1 aromatic carbocycles. The Morgan fingerprint density at radius 2 is 1.92 bits per heavy atom. The Bertz CT molecular complexity index is 791. The zero-order chi connectivity index (χ0) is 18.2. The van der Waals surface area contributed by atoms with E-state index in [-0.39, 0.29) is 49.6 Å². The summed E-state index contributed by atoms with van der Waals surface area (Å²) in [7, 11) is -4.08. The van der Waals surface area contributed by atoms with Gasteiger partial charge in [0.15, 0.2) is 0 Å². The minimum atomic E-state index is -4.08. The fraction of sp³-hybridized carbons (Fsp3) is 0.562. The van der Waals surface area contributed by atoms with E-state index in [1.165, 1.54) is 11.2 Å². The minimum Gasteiger partial charge on any atom is -0.336 e. The third-order valence-corrected chi connectivity index (χ3v) is 6.64. The van der Waals surface area contributed by atoms with E-state index in [0.717, 1.165) is 6.07 Å². The fourth-order valence-corrected chi connectivity index (χ4v) is 5.02. The number of aryl methyl sites for hydroxylation is 1. The van der Waals surface area contributed by atoms with E-state index in [0.29, 0.717) is 32.0 Å². The van der Waals surface area contributed by atoms with Crippen LogP contribution in [0.3, 0.4) is 0 Å². The molecule has 1 N–H and O–H groups in total. The number of carbonyl (C=O) groups excluding carboxylic acids is 1. The Balaban J connectivity index is 0.00000243. The first kappa shape index (κ1) is 21.0. The normalized spacial score (nSPS) is 22.2. The van der Waals surface area contributed by atoms with E-state index in [4.69, 9.17) is 0 Å². The molecule has 0 spiro atoms. The quantitative estimate of drug-likeness (QED) is 0.816. The molecule has 0 aromatic heterocycles. The number of amides is 1. The highest BCUT2D eigenvalue weighted by Crippen LogP contribution is 2.26. The lowest BCUT2D eigenvalue weighted by molar-refractivity contribution is -0.135. The van der Waals surface area contributed by atoms with Crippen molar-refractivity contribution in [3.63, 3.8) is 0 Å². The average molecular weight is 410 g/mol. The summed E-state index contributed by atoms with van der Waals surface area (Å²) >= 11 is 0. The number of benzene rings is 1. The average Bonchev–Trinajstić information content (AvgIpc) is 2.58. The van der Waals surface area contributed by atoms with Gasteiger partial charge >= 0.3 is 0 Å². The van der Waals surface area contributed by atoms with Crippen LogP contribution in [-0.2, 0) is 14.8 Å². The Kier molecular flexibility index (Phi) is 6.60. The molecule has 2 heterocycles. The van der Waals surface area contributed by atoms with Crippen LogP contribution in [0.4, 0.5) is 8.78 Å². The van der Waals surface area contributed by atoms with Crippen molar-refractivity contribution in [2.75, 3.05) is 32.7 Å². The molecule has 6 nitrogen and oxygen atoms in total. The van der Waals surface area contributed by atoms with Gasteiger partial charge in [0.2, 0.25) is 15.9 Å². The van der Waals surface area contributed by atoms with Gasteiger partial charge < -0.3 is 10.2 Å². The van der Waals surface area contributed by atoms with Gasteiger partial charge in [-0.05, 0) is 31.4 Å². The number of rotatable bonds is 3. The van der Waals surface area contributed by atoms with E-state index >= 15 is 0 Å². The van der Waals surface area contributed by atoms with Gasteiger partial charge in [0.05, 0.1) is 6.54 Å². The van der Waals surface area contributed by atoms with Crippen LogP contribution in [0, 0.1) is 18.6 Å². The van der Waals surface area contributed by atoms with Crippen molar-refractivity contribution in [1.29, 1.82) is 0 Å². The van der Waals surface area contributed by atoms with Crippen molar-refractivity contribution in [2.24, 2.45) is 0 Å². The zero-order valence-electron chi connectivity index (χ0n) is 14.4. The minimum absolute atomic E-state index is 0. The van der Waals surface area contributed by atoms with Crippen molar-refractivity contribution in [3.8, 4) is 0 Å². The number of piperazine rings is 1. The van der Waals surface area contributed by atoms with Crippen LogP contribution < -0.4 is 5.32 Å². The number of carbonyl (C=O) groups is 1. The van der Waals surface area contributed by atoms with Gasteiger partial charge in [-0.15, -0.1) is 12.4 Å². The van der Waals surface area contributed by atoms with E-state index in [1.54, 1.807) is 4.90 Å². The number of sulfonamides is 1. The van der Waals surface area contributed by atoms with Gasteiger partial charge in [0, 0.05) is 38.3 Å². The summed E-state index contributed by atoms with van der Waals surface area (Å²) in [5.74, 6) is -1.93. The van der Waals surface area contributed by atoms with Crippen LogP contribution in [0.25, 0.3) is 0 Å². The molecule has 2 fully saturated rings. The first-order valence-corrected chi connectivity index (χ1v) is 9.70. The van der Waals surface area contributed by atoms with Gasteiger partial charge in [-0.25, -0.2) is 17.2 Å². The highest BCUT2D eigenvalue weighted by Gasteiger charge is 2.36. The number of hydrogen-bond donors (Lipinski definition) is 1. The molecule has 1 aromatic rings. The van der Waals surface area contributed by atoms with Gasteiger partial charge in [0.25, 0.3) is 0 Å². The lowest BCUT2D eigenvalue weighted by Crippen LogP contribution is -2.57. The smallest absolute Gasteiger partial charge is 0.246 e. The van der Waals surface area contributed by atoms with Crippen LogP contribution in [0.1, 0.15) is 18.4 Å². The maximum atomic E-state index is 14.1. The maximum Gasteiger partial charge on any atom is 0.246 e. The first-order valence-electron chi connectivity index (χ1n) is 8.26. The second kappa shape index (κ2) is 8.16. The van der Waals surface area contributed by atoms with Crippen LogP contribution >= 0.6 is 12.4 Å². The molecular formula is C16H22ClF2N3O3S. The molecule has 0 bridgehead atoms. The zero-order valence-corrected chi connectivity index (χ0v) is 16.0. The number of piperidine rings is 1. The van der Waals surface area contributed by atoms with Crippen LogP contribution in [0.5, 0.6) is 0 Å². The van der Waals surface area contributed by atoms with Crippen LogP contribution in [0.15, 0.2) is 17.0 Å². The standard InChI is InChI=1S/C16H21F2N3O3S.ClH/c1-11-7-15(14(18)8-13(11)17)25(23,24)20-5-2-3-12(10-20)21-6-4-19-9-16(21)22;/h7-8,12,19H,2-6,9-10H2,1H3;1H. The first-order chi connectivity index (χ1) is 11.8. The van der Waals surface area contributed by atoms with Gasteiger partial charge in [-0.1, -0.05) is 0 Å². The maximum absolute atomic E-state index is 14.1. The van der Waals surface area contributed by atoms with Crippen molar-refractivity contribution in [1.82, 2.24) is 14.5 Å². The molecule has 146 valence electrons. The molecule has 26 heavy (non-hydrogen) atoms. The molecule has 2 aliphatic heterocycles. The summed E-state index contributed by atoms with van der Waals surface area (Å²) in [6, 6.07) is 1.41. The highest BCUT2D eigenvalue weighted by molar-refractivity contribution is 7.89. The molecular weight excluding hydrogens is 388 g/mol. The number of nitrogens with zero attached hydrogens (tertiary/aromatic N) is 2. The predicted octanol–water partition coefficient (Wildman–Crippen LogP) is 1.28. The monoisotopic (exact) mass is 409 g/mol. The van der Waals surface area contributed by atoms with Crippen LogP contribution in [-0.4, -0.2) is 62.3 Å². The summed E-state index contributed by atoms with van der Waals surface area (Å²) < 4.78 is 54.4. The topological polar surface area (TPSA) is 69.7 Å². The van der Waals surface area contributed by atoms with Crippen molar-refractivity contribution >= 4 is 28.3 Å². The van der Waals surface area contributed by atoms with E-state index in [9.17, 15) is 22.0 Å². The molecule has 10 heteroatoms. The predicted molar refractivity (Wildman–Crippen MR) is 94.7 cm³/mol. The van der Waals surface area contributed by atoms with E-state index in [2.05, 4.69) is 5.32 Å². The molecule has 0 saturated carbocycles. The summed E-state index contributed by atoms with van der Waals surface area (Å²) in [4.78, 5) is 13.2. The Hall–Kier alpha value is -1.29. The molecule has 0 aliphatic carbocycles. The van der Waals surface area contributed by atoms with Gasteiger partial charge in [-0.3, -0.25) is 4.79 Å². The van der Waals surface area contributed by atoms with Crippen molar-refractivity contribution in [3.05, 3.63) is 29.3 Å². The summed E-state index contributed by atoms with van der Waals surface area (Å²) in [5.41, 5.74) is 0.0748. The molecule has 3 rings (SSSR count). The lowest BCUT2D eigenvalue weighted by atomic mass is 10.1. The largest absolute Gasteiger partial charge is 0.336 e. The van der Waals surface area contributed by atoms with E-state index < -0.39 is 26.6 Å². The van der Waals surface area contributed by atoms with E-state index in [1.807, 2.05) is 0 Å². The Labute approximate surface area is 158 Å². The van der Waals surface area contributed by atoms with Crippen LogP contribution in [0.2, 0.25) is 0 Å². The summed E-state index contributed by atoms with van der Waals surface area (Å²) in [5, 5.41) is 2.98. The summed E-state index contributed by atoms with van der Waals surface area (Å²) in [6.07, 6.45) is 1.30.